The average Bonchev–Trinajstić information content (AvgIpc) is 2.45. The molecule has 0 atom stereocenters. The van der Waals surface area contributed by atoms with Gasteiger partial charge in [-0.15, -0.1) is 11.3 Å². The second-order valence-electron chi connectivity index (χ2n) is 2.44. The van der Waals surface area contributed by atoms with Gasteiger partial charge >= 0.3 is 0 Å². The normalized spacial score (nSPS) is 21.7. The van der Waals surface area contributed by atoms with Gasteiger partial charge in [-0.1, -0.05) is 11.6 Å². The molecular weight excluding hydrogens is 264 g/mol. The highest BCUT2D eigenvalue weighted by atomic mass is 35.5. The zero-order valence-corrected chi connectivity index (χ0v) is 10.1. The summed E-state index contributed by atoms with van der Waals surface area (Å²) >= 11 is 8.26. The molecule has 8 heteroatoms. The molecule has 0 amide bonds. The molecule has 76 valence electrons. The van der Waals surface area contributed by atoms with Crippen molar-refractivity contribution in [2.45, 2.75) is 9.10 Å². The van der Waals surface area contributed by atoms with Gasteiger partial charge < -0.3 is 0 Å². The molecule has 2 rings (SSSR count). The third kappa shape index (κ3) is 1.65. The third-order valence-corrected chi connectivity index (χ3v) is 5.73. The number of aliphatic imine (C=N–C) groups is 1. The predicted octanol–water partition coefficient (Wildman–Crippen LogP) is 1.77. The second kappa shape index (κ2) is 3.41. The minimum atomic E-state index is -3.46. The Morgan fingerprint density at radius 1 is 1.57 bits per heavy atom. The van der Waals surface area contributed by atoms with Crippen LogP contribution in [-0.2, 0) is 10.0 Å². The van der Waals surface area contributed by atoms with Gasteiger partial charge in [-0.05, 0) is 17.8 Å². The summed E-state index contributed by atoms with van der Waals surface area (Å²) in [6.45, 7) is 0. The van der Waals surface area contributed by atoms with Crippen LogP contribution in [0.1, 0.15) is 0 Å². The molecule has 4 nitrogen and oxygen atoms in total. The summed E-state index contributed by atoms with van der Waals surface area (Å²) in [5.41, 5.74) is 0. The van der Waals surface area contributed by atoms with E-state index in [1.807, 2.05) is 0 Å². The summed E-state index contributed by atoms with van der Waals surface area (Å²) in [5.74, 6) is 0. The topological polar surface area (TPSA) is 58.5 Å². The van der Waals surface area contributed by atoms with Crippen LogP contribution in [0, 0.1) is 0 Å². The molecule has 14 heavy (non-hydrogen) atoms. The van der Waals surface area contributed by atoms with E-state index in [2.05, 4.69) is 9.71 Å². The van der Waals surface area contributed by atoms with Crippen LogP contribution in [0.2, 0.25) is 4.34 Å². The van der Waals surface area contributed by atoms with Crippen LogP contribution >= 0.6 is 34.7 Å². The van der Waals surface area contributed by atoms with E-state index in [1.54, 1.807) is 0 Å². The molecule has 1 aliphatic rings. The number of halogens is 1. The van der Waals surface area contributed by atoms with Gasteiger partial charge in [0, 0.05) is 7.05 Å². The largest absolute Gasteiger partial charge is 0.265 e. The monoisotopic (exact) mass is 268 g/mol. The van der Waals surface area contributed by atoms with Gasteiger partial charge in [0.1, 0.15) is 4.90 Å². The number of hydrogen-bond acceptors (Lipinski definition) is 5. The Kier molecular flexibility index (Phi) is 2.50. The maximum Gasteiger partial charge on any atom is 0.265 e. The summed E-state index contributed by atoms with van der Waals surface area (Å²) in [6, 6.07) is 1.45. The molecule has 0 unspecified atom stereocenters. The molecule has 0 aliphatic carbocycles. The van der Waals surface area contributed by atoms with Crippen LogP contribution in [0.4, 0.5) is 0 Å². The fourth-order valence-corrected chi connectivity index (χ4v) is 5.52. The fourth-order valence-electron chi connectivity index (χ4n) is 0.959. The van der Waals surface area contributed by atoms with E-state index in [1.165, 1.54) is 36.2 Å². The lowest BCUT2D eigenvalue weighted by atomic mass is 10.7. The zero-order valence-electron chi connectivity index (χ0n) is 6.94. The van der Waals surface area contributed by atoms with Crippen molar-refractivity contribution >= 4 is 49.9 Å². The predicted molar refractivity (Wildman–Crippen MR) is 58.9 cm³/mol. The first kappa shape index (κ1) is 10.3. The van der Waals surface area contributed by atoms with Crippen molar-refractivity contribution in [3.8, 4) is 0 Å². The van der Waals surface area contributed by atoms with E-state index in [4.69, 9.17) is 11.6 Å². The third-order valence-electron chi connectivity index (χ3n) is 1.54. The van der Waals surface area contributed by atoms with Crippen molar-refractivity contribution in [3.05, 3.63) is 10.4 Å². The molecule has 1 aliphatic heterocycles. The van der Waals surface area contributed by atoms with E-state index in [9.17, 15) is 8.42 Å². The summed E-state index contributed by atoms with van der Waals surface area (Å²) in [5, 5.41) is 0.371. The van der Waals surface area contributed by atoms with E-state index < -0.39 is 10.0 Å². The number of thioether (sulfide) groups is 1. The number of rotatable bonds is 0. The lowest BCUT2D eigenvalue weighted by Gasteiger charge is -2.14. The quantitative estimate of drug-likeness (QED) is 0.780. The molecule has 1 N–H and O–H groups in total. The molecule has 1 aromatic rings. The van der Waals surface area contributed by atoms with E-state index >= 15 is 0 Å². The van der Waals surface area contributed by atoms with Gasteiger partial charge in [-0.2, -0.15) is 0 Å². The van der Waals surface area contributed by atoms with E-state index in [-0.39, 0.29) is 4.90 Å². The number of nitrogens with zero attached hydrogens (tertiary/aromatic N) is 1. The molecule has 0 spiro atoms. The lowest BCUT2D eigenvalue weighted by Crippen LogP contribution is -2.31. The van der Waals surface area contributed by atoms with Gasteiger partial charge in [-0.3, -0.25) is 9.71 Å². The first-order chi connectivity index (χ1) is 6.53. The molecule has 0 bridgehead atoms. The smallest absolute Gasteiger partial charge is 0.265 e. The molecule has 0 aromatic carbocycles. The summed E-state index contributed by atoms with van der Waals surface area (Å²) < 4.78 is 26.7. The number of amidine groups is 1. The van der Waals surface area contributed by atoms with Gasteiger partial charge in [0.15, 0.2) is 5.17 Å². The van der Waals surface area contributed by atoms with Crippen molar-refractivity contribution in [1.82, 2.24) is 4.72 Å². The zero-order chi connectivity index (χ0) is 10.3. The maximum atomic E-state index is 11.6. The molecular formula is C6H5ClN2O2S3. The van der Waals surface area contributed by atoms with Crippen LogP contribution in [0.15, 0.2) is 20.2 Å². The molecule has 2 heterocycles. The van der Waals surface area contributed by atoms with Crippen molar-refractivity contribution in [2.75, 3.05) is 7.05 Å². The summed E-state index contributed by atoms with van der Waals surface area (Å²) in [7, 11) is -1.93. The molecule has 1 aromatic heterocycles. The van der Waals surface area contributed by atoms with E-state index in [0.717, 1.165) is 0 Å². The SMILES string of the molecule is CN=C1NS(=O)(=O)c2cc(Cl)sc2S1. The fraction of sp³-hybridized carbons (Fsp3) is 0.167. The van der Waals surface area contributed by atoms with Crippen molar-refractivity contribution in [3.63, 3.8) is 0 Å². The minimum absolute atomic E-state index is 0.241. The molecule has 0 radical (unpaired) electrons. The van der Waals surface area contributed by atoms with Crippen molar-refractivity contribution < 1.29 is 8.42 Å². The standard InChI is InChI=1S/C6H5ClN2O2S3/c1-8-6-9-14(10,11)3-2-4(7)12-5(3)13-6/h2H,1H3,(H,8,9). The van der Waals surface area contributed by atoms with Crippen LogP contribution in [0.3, 0.4) is 0 Å². The lowest BCUT2D eigenvalue weighted by molar-refractivity contribution is 0.591. The summed E-state index contributed by atoms with van der Waals surface area (Å²) in [6.07, 6.45) is 0. The highest BCUT2D eigenvalue weighted by Gasteiger charge is 2.29. The average molecular weight is 269 g/mol. The number of hydrogen-bond donors (Lipinski definition) is 1. The number of sulfonamides is 1. The van der Waals surface area contributed by atoms with Crippen molar-refractivity contribution in [1.29, 1.82) is 0 Å². The van der Waals surface area contributed by atoms with Crippen LogP contribution < -0.4 is 4.72 Å². The van der Waals surface area contributed by atoms with E-state index in [0.29, 0.717) is 13.7 Å². The Morgan fingerprint density at radius 2 is 2.29 bits per heavy atom. The second-order valence-corrected chi connectivity index (χ2v) is 7.03. The number of fused-ring (bicyclic) bond motifs is 1. The number of nitrogens with one attached hydrogen (secondary N) is 1. The first-order valence-electron chi connectivity index (χ1n) is 3.50. The van der Waals surface area contributed by atoms with Gasteiger partial charge in [0.25, 0.3) is 10.0 Å². The molecule has 0 fully saturated rings. The summed E-state index contributed by atoms with van der Waals surface area (Å²) in [4.78, 5) is 4.04. The van der Waals surface area contributed by atoms with Gasteiger partial charge in [0.2, 0.25) is 0 Å². The Bertz CT molecular complexity index is 505. The Labute approximate surface area is 94.4 Å². The highest BCUT2D eigenvalue weighted by Crippen LogP contribution is 2.40. The van der Waals surface area contributed by atoms with Crippen molar-refractivity contribution in [2.24, 2.45) is 4.99 Å². The van der Waals surface area contributed by atoms with Gasteiger partial charge in [0.05, 0.1) is 8.55 Å². The highest BCUT2D eigenvalue weighted by molar-refractivity contribution is 8.17. The molecule has 0 saturated carbocycles. The Morgan fingerprint density at radius 3 is 2.93 bits per heavy atom. The number of thiophene rings is 1. The Hall–Kier alpha value is -0.240. The Balaban J connectivity index is 2.63. The molecule has 0 saturated heterocycles. The van der Waals surface area contributed by atoms with Crippen LogP contribution in [-0.4, -0.2) is 20.6 Å². The minimum Gasteiger partial charge on any atom is -0.265 e. The van der Waals surface area contributed by atoms with Crippen LogP contribution in [0.5, 0.6) is 0 Å². The first-order valence-corrected chi connectivity index (χ1v) is 6.99. The van der Waals surface area contributed by atoms with Gasteiger partial charge in [-0.25, -0.2) is 8.42 Å². The maximum absolute atomic E-state index is 11.6. The van der Waals surface area contributed by atoms with Crippen LogP contribution in [0.25, 0.3) is 0 Å².